The molecule has 0 amide bonds. The molecule has 2 aromatic heterocycles. The number of aromatic nitrogens is 5. The molecule has 0 atom stereocenters. The van der Waals surface area contributed by atoms with Crippen LogP contribution in [-0.2, 0) is 12.7 Å². The number of hydrogen-bond donors (Lipinski definition) is 2. The van der Waals surface area contributed by atoms with Gasteiger partial charge in [-0.05, 0) is 49.7 Å². The fourth-order valence-corrected chi connectivity index (χ4v) is 2.50. The summed E-state index contributed by atoms with van der Waals surface area (Å²) >= 11 is 0. The Morgan fingerprint density at radius 3 is 2.78 bits per heavy atom. The van der Waals surface area contributed by atoms with Gasteiger partial charge < -0.3 is 11.1 Å². The van der Waals surface area contributed by atoms with Crippen molar-refractivity contribution in [3.63, 3.8) is 0 Å². The van der Waals surface area contributed by atoms with E-state index < -0.39 is 11.9 Å². The molecule has 0 saturated carbocycles. The lowest BCUT2D eigenvalue weighted by atomic mass is 10.1. The van der Waals surface area contributed by atoms with E-state index in [9.17, 15) is 13.2 Å². The molecule has 0 aliphatic heterocycles. The fourth-order valence-electron chi connectivity index (χ4n) is 2.50. The first-order valence-electron chi connectivity index (χ1n) is 8.24. The van der Waals surface area contributed by atoms with E-state index in [-0.39, 0.29) is 5.95 Å². The minimum Gasteiger partial charge on any atom is -0.330 e. The summed E-state index contributed by atoms with van der Waals surface area (Å²) in [6.07, 6.45) is -0.873. The number of alkyl halides is 3. The summed E-state index contributed by atoms with van der Waals surface area (Å²) in [5.74, 6) is -0.132. The first-order chi connectivity index (χ1) is 12.8. The molecule has 0 aliphatic carbocycles. The van der Waals surface area contributed by atoms with Gasteiger partial charge in [-0.3, -0.25) is 4.68 Å². The Morgan fingerprint density at radius 2 is 2.04 bits per heavy atom. The van der Waals surface area contributed by atoms with Gasteiger partial charge in [-0.15, -0.1) is 5.10 Å². The highest BCUT2D eigenvalue weighted by atomic mass is 19.4. The number of hydrogen-bond acceptors (Lipinski definition) is 6. The van der Waals surface area contributed by atoms with Gasteiger partial charge in [-0.1, -0.05) is 5.21 Å². The summed E-state index contributed by atoms with van der Waals surface area (Å²) in [4.78, 5) is 7.37. The minimum atomic E-state index is -4.53. The molecular formula is C17H18F3N7. The standard InChI is InChI=1S/C17H18F3N7/c1-11-7-12(14-10-27(26-25-14)6-2-4-21)9-13(8-11)23-16-22-5-3-15(24-16)17(18,19)20/h3,5,7-10H,2,4,6,21H2,1H3,(H,22,23,24). The monoisotopic (exact) mass is 377 g/mol. The topological polar surface area (TPSA) is 94.5 Å². The number of halogens is 3. The van der Waals surface area contributed by atoms with Gasteiger partial charge in [0.15, 0.2) is 0 Å². The molecule has 3 N–H and O–H groups in total. The van der Waals surface area contributed by atoms with Crippen LogP contribution in [0.2, 0.25) is 0 Å². The van der Waals surface area contributed by atoms with Crippen molar-refractivity contribution in [3.8, 4) is 11.3 Å². The van der Waals surface area contributed by atoms with E-state index in [1.807, 2.05) is 13.0 Å². The van der Waals surface area contributed by atoms with Crippen LogP contribution >= 0.6 is 0 Å². The van der Waals surface area contributed by atoms with Gasteiger partial charge in [0, 0.05) is 24.0 Å². The summed E-state index contributed by atoms with van der Waals surface area (Å²) in [6, 6.07) is 6.28. The molecule has 3 aromatic rings. The van der Waals surface area contributed by atoms with Crippen LogP contribution in [0.3, 0.4) is 0 Å². The van der Waals surface area contributed by atoms with Gasteiger partial charge in [0.05, 0.1) is 6.20 Å². The molecule has 27 heavy (non-hydrogen) atoms. The number of nitrogens with two attached hydrogens (primary N) is 1. The van der Waals surface area contributed by atoms with Crippen molar-refractivity contribution >= 4 is 11.6 Å². The Hall–Kier alpha value is -3.01. The minimum absolute atomic E-state index is 0.132. The largest absolute Gasteiger partial charge is 0.433 e. The summed E-state index contributed by atoms with van der Waals surface area (Å²) in [6.45, 7) is 3.10. The van der Waals surface area contributed by atoms with Crippen LogP contribution in [0.15, 0.2) is 36.7 Å². The van der Waals surface area contributed by atoms with Crippen LogP contribution in [0.1, 0.15) is 17.7 Å². The maximum atomic E-state index is 12.8. The van der Waals surface area contributed by atoms with Crippen LogP contribution in [0.5, 0.6) is 0 Å². The van der Waals surface area contributed by atoms with Gasteiger partial charge >= 0.3 is 6.18 Å². The van der Waals surface area contributed by atoms with Crippen molar-refractivity contribution in [1.82, 2.24) is 25.0 Å². The molecule has 142 valence electrons. The second kappa shape index (κ2) is 7.70. The van der Waals surface area contributed by atoms with Crippen LogP contribution in [0, 0.1) is 6.92 Å². The molecule has 2 heterocycles. The lowest BCUT2D eigenvalue weighted by Gasteiger charge is -2.10. The molecule has 0 saturated heterocycles. The third kappa shape index (κ3) is 4.79. The number of nitrogens with zero attached hydrogens (tertiary/aromatic N) is 5. The van der Waals surface area contributed by atoms with Crippen LogP contribution in [-0.4, -0.2) is 31.5 Å². The number of benzene rings is 1. The average molecular weight is 377 g/mol. The molecule has 0 unspecified atom stereocenters. The van der Waals surface area contributed by atoms with E-state index in [1.54, 1.807) is 23.0 Å². The highest BCUT2D eigenvalue weighted by molar-refractivity contribution is 5.68. The zero-order valence-corrected chi connectivity index (χ0v) is 14.5. The maximum Gasteiger partial charge on any atom is 0.433 e. The van der Waals surface area contributed by atoms with E-state index in [1.165, 1.54) is 0 Å². The Labute approximate surface area is 153 Å². The highest BCUT2D eigenvalue weighted by Crippen LogP contribution is 2.29. The van der Waals surface area contributed by atoms with Crippen molar-refractivity contribution in [1.29, 1.82) is 0 Å². The number of nitrogens with one attached hydrogen (secondary N) is 1. The zero-order valence-electron chi connectivity index (χ0n) is 14.5. The van der Waals surface area contributed by atoms with Crippen molar-refractivity contribution in [2.45, 2.75) is 26.1 Å². The van der Waals surface area contributed by atoms with E-state index >= 15 is 0 Å². The Morgan fingerprint density at radius 1 is 1.22 bits per heavy atom. The smallest absolute Gasteiger partial charge is 0.330 e. The number of rotatable bonds is 6. The van der Waals surface area contributed by atoms with Gasteiger partial charge in [-0.25, -0.2) is 9.97 Å². The third-order valence-electron chi connectivity index (χ3n) is 3.71. The zero-order chi connectivity index (χ0) is 19.4. The Balaban J connectivity index is 1.85. The molecule has 10 heteroatoms. The van der Waals surface area contributed by atoms with E-state index in [0.717, 1.165) is 29.8 Å². The van der Waals surface area contributed by atoms with Gasteiger partial charge in [-0.2, -0.15) is 13.2 Å². The van der Waals surface area contributed by atoms with Crippen molar-refractivity contribution < 1.29 is 13.2 Å². The predicted octanol–water partition coefficient (Wildman–Crippen LogP) is 3.15. The summed E-state index contributed by atoms with van der Waals surface area (Å²) < 4.78 is 40.1. The Bertz CT molecular complexity index is 921. The molecule has 7 nitrogen and oxygen atoms in total. The second-order valence-corrected chi connectivity index (χ2v) is 5.99. The molecule has 3 rings (SSSR count). The number of aryl methyl sites for hydroxylation is 2. The van der Waals surface area contributed by atoms with Crippen molar-refractivity contribution in [2.75, 3.05) is 11.9 Å². The van der Waals surface area contributed by atoms with E-state index in [0.29, 0.717) is 24.5 Å². The molecule has 0 fully saturated rings. The van der Waals surface area contributed by atoms with Gasteiger partial charge in [0.25, 0.3) is 0 Å². The normalized spacial score (nSPS) is 11.6. The summed E-state index contributed by atoms with van der Waals surface area (Å²) in [5.41, 5.74) is 7.38. The average Bonchev–Trinajstić information content (AvgIpc) is 3.08. The van der Waals surface area contributed by atoms with Crippen LogP contribution in [0.4, 0.5) is 24.8 Å². The molecule has 0 radical (unpaired) electrons. The second-order valence-electron chi connectivity index (χ2n) is 5.99. The summed E-state index contributed by atoms with van der Waals surface area (Å²) in [7, 11) is 0. The first kappa shape index (κ1) is 18.8. The van der Waals surface area contributed by atoms with Gasteiger partial charge in [0.1, 0.15) is 11.4 Å². The van der Waals surface area contributed by atoms with E-state index in [4.69, 9.17) is 5.73 Å². The highest BCUT2D eigenvalue weighted by Gasteiger charge is 2.32. The molecule has 0 bridgehead atoms. The molecular weight excluding hydrogens is 359 g/mol. The fraction of sp³-hybridized carbons (Fsp3) is 0.294. The van der Waals surface area contributed by atoms with Gasteiger partial charge in [0.2, 0.25) is 5.95 Å². The first-order valence-corrected chi connectivity index (χ1v) is 8.24. The van der Waals surface area contributed by atoms with Crippen molar-refractivity contribution in [2.24, 2.45) is 5.73 Å². The maximum absolute atomic E-state index is 12.8. The molecule has 0 spiro atoms. The van der Waals surface area contributed by atoms with E-state index in [2.05, 4.69) is 25.6 Å². The third-order valence-corrected chi connectivity index (χ3v) is 3.71. The summed E-state index contributed by atoms with van der Waals surface area (Å²) in [5, 5.41) is 11.0. The van der Waals surface area contributed by atoms with Crippen LogP contribution < -0.4 is 11.1 Å². The van der Waals surface area contributed by atoms with Crippen LogP contribution in [0.25, 0.3) is 11.3 Å². The molecule has 1 aromatic carbocycles. The predicted molar refractivity (Wildman–Crippen MR) is 94.2 cm³/mol. The van der Waals surface area contributed by atoms with Crippen molar-refractivity contribution in [3.05, 3.63) is 47.9 Å². The lowest BCUT2D eigenvalue weighted by molar-refractivity contribution is -0.141. The number of anilines is 2. The quantitative estimate of drug-likeness (QED) is 0.685. The SMILES string of the molecule is Cc1cc(Nc2nccc(C(F)(F)F)n2)cc(-c2cn(CCCN)nn2)c1. The Kier molecular flexibility index (Phi) is 5.36. The lowest BCUT2D eigenvalue weighted by Crippen LogP contribution is -2.10. The molecule has 0 aliphatic rings.